The van der Waals surface area contributed by atoms with Crippen molar-refractivity contribution >= 4 is 17.7 Å². The monoisotopic (exact) mass is 452 g/mol. The van der Waals surface area contributed by atoms with Crippen molar-refractivity contribution in [1.82, 2.24) is 25.3 Å². The fraction of sp³-hybridized carbons (Fsp3) is 0.500. The summed E-state index contributed by atoms with van der Waals surface area (Å²) >= 11 is 0. The van der Waals surface area contributed by atoms with E-state index in [1.165, 1.54) is 24.0 Å². The molecule has 1 saturated carbocycles. The minimum absolute atomic E-state index is 0.238. The number of H-pyrrole nitrogens is 1. The van der Waals surface area contributed by atoms with Crippen molar-refractivity contribution in [2.75, 3.05) is 47.1 Å². The molecule has 0 bridgehead atoms. The maximum atomic E-state index is 12.6. The first-order valence-corrected chi connectivity index (χ1v) is 11.4. The van der Waals surface area contributed by atoms with E-state index in [0.717, 1.165) is 37.4 Å². The van der Waals surface area contributed by atoms with E-state index in [-0.39, 0.29) is 5.91 Å². The van der Waals surface area contributed by atoms with Crippen LogP contribution in [0.15, 0.2) is 29.1 Å². The van der Waals surface area contributed by atoms with Crippen LogP contribution in [0.3, 0.4) is 0 Å². The minimum Gasteiger partial charge on any atom is -0.383 e. The molecule has 4 rings (SSSR count). The van der Waals surface area contributed by atoms with Crippen LogP contribution in [0.25, 0.3) is 6.08 Å². The molecule has 1 amide bonds. The smallest absolute Gasteiger partial charge is 0.273 e. The topological polar surface area (TPSA) is 105 Å². The molecule has 2 aromatic rings. The molecule has 2 aromatic heterocycles. The van der Waals surface area contributed by atoms with Gasteiger partial charge in [0.25, 0.3) is 5.91 Å². The molecule has 2 N–H and O–H groups in total. The summed E-state index contributed by atoms with van der Waals surface area (Å²) in [4.78, 5) is 27.0. The lowest BCUT2D eigenvalue weighted by Crippen LogP contribution is -2.32. The minimum atomic E-state index is -0.238. The van der Waals surface area contributed by atoms with E-state index in [2.05, 4.69) is 37.3 Å². The number of nitrogens with zero attached hydrogens (tertiary/aromatic N) is 4. The summed E-state index contributed by atoms with van der Waals surface area (Å²) in [6, 6.07) is 1.74. The van der Waals surface area contributed by atoms with E-state index in [9.17, 15) is 4.79 Å². The number of hydrogen-bond donors (Lipinski definition) is 2. The van der Waals surface area contributed by atoms with Gasteiger partial charge in [0, 0.05) is 57.6 Å². The van der Waals surface area contributed by atoms with E-state index in [4.69, 9.17) is 9.47 Å². The maximum absolute atomic E-state index is 12.6. The van der Waals surface area contributed by atoms with Crippen LogP contribution in [0.2, 0.25) is 0 Å². The molecule has 0 saturated heterocycles. The fourth-order valence-electron chi connectivity index (χ4n) is 4.23. The molecular weight excluding hydrogens is 420 g/mol. The van der Waals surface area contributed by atoms with E-state index in [1.807, 2.05) is 6.08 Å². The summed E-state index contributed by atoms with van der Waals surface area (Å²) in [5.74, 6) is 0.727. The number of methoxy groups -OCH3 is 2. The Morgan fingerprint density at radius 2 is 1.82 bits per heavy atom. The first kappa shape index (κ1) is 23.3. The largest absolute Gasteiger partial charge is 0.383 e. The van der Waals surface area contributed by atoms with Crippen molar-refractivity contribution in [3.05, 3.63) is 52.4 Å². The van der Waals surface area contributed by atoms with E-state index in [1.54, 1.807) is 32.7 Å². The number of hydrogen-bond acceptors (Lipinski definition) is 7. The summed E-state index contributed by atoms with van der Waals surface area (Å²) < 4.78 is 10.6. The zero-order valence-corrected chi connectivity index (χ0v) is 19.6. The highest BCUT2D eigenvalue weighted by Gasteiger charge is 2.32. The van der Waals surface area contributed by atoms with Crippen molar-refractivity contribution in [1.29, 1.82) is 0 Å². The van der Waals surface area contributed by atoms with Crippen LogP contribution in [-0.2, 0) is 20.7 Å². The Balaban J connectivity index is 1.59. The van der Waals surface area contributed by atoms with Gasteiger partial charge in [-0.15, -0.1) is 0 Å². The molecule has 1 fully saturated rings. The Bertz CT molecular complexity index is 1020. The number of hydrazone groups is 1. The van der Waals surface area contributed by atoms with Crippen LogP contribution in [0.5, 0.6) is 0 Å². The van der Waals surface area contributed by atoms with Gasteiger partial charge in [-0.05, 0) is 55.4 Å². The number of aromatic amines is 1. The standard InChI is InChI=1S/C24H32N6O3/c1-16-18(7-10-30(11-13-32-2)12-14-33-3)21(17-5-6-17)20(27-16)15-19-22(28-29-24(19)31)23-25-8-4-9-26-23/h4,8-9,15,17,27H,5-7,10-14H2,1-3H3,(H,29,31). The highest BCUT2D eigenvalue weighted by atomic mass is 16.5. The zero-order chi connectivity index (χ0) is 23.2. The van der Waals surface area contributed by atoms with Gasteiger partial charge >= 0.3 is 0 Å². The Morgan fingerprint density at radius 3 is 2.45 bits per heavy atom. The fourth-order valence-corrected chi connectivity index (χ4v) is 4.23. The second kappa shape index (κ2) is 10.8. The molecule has 1 aliphatic heterocycles. The maximum Gasteiger partial charge on any atom is 0.273 e. The summed E-state index contributed by atoms with van der Waals surface area (Å²) in [6.45, 7) is 6.17. The molecule has 0 aromatic carbocycles. The van der Waals surface area contributed by atoms with Crippen LogP contribution in [0.1, 0.15) is 47.1 Å². The predicted octanol–water partition coefficient (Wildman–Crippen LogP) is 2.05. The number of carbonyl (C=O) groups excluding carboxylic acids is 1. The first-order valence-electron chi connectivity index (χ1n) is 11.4. The number of ether oxygens (including phenoxy) is 2. The Kier molecular flexibility index (Phi) is 7.64. The molecule has 3 heterocycles. The second-order valence-corrected chi connectivity index (χ2v) is 8.44. The van der Waals surface area contributed by atoms with Crippen molar-refractivity contribution in [2.45, 2.75) is 32.1 Å². The quantitative estimate of drug-likeness (QED) is 0.478. The molecule has 0 atom stereocenters. The normalized spacial score (nSPS) is 17.2. The summed E-state index contributed by atoms with van der Waals surface area (Å²) in [5, 5.41) is 4.18. The van der Waals surface area contributed by atoms with Crippen LogP contribution in [0, 0.1) is 6.92 Å². The van der Waals surface area contributed by atoms with Gasteiger partial charge in [-0.2, -0.15) is 5.10 Å². The Labute approximate surface area is 194 Å². The lowest BCUT2D eigenvalue weighted by atomic mass is 9.99. The molecule has 2 aliphatic rings. The predicted molar refractivity (Wildman–Crippen MR) is 126 cm³/mol. The molecular formula is C24H32N6O3. The van der Waals surface area contributed by atoms with Crippen LogP contribution >= 0.6 is 0 Å². The Morgan fingerprint density at radius 1 is 1.12 bits per heavy atom. The molecule has 9 heteroatoms. The number of nitrogens with one attached hydrogen (secondary N) is 2. The van der Waals surface area contributed by atoms with Gasteiger partial charge in [-0.3, -0.25) is 9.69 Å². The van der Waals surface area contributed by atoms with E-state index < -0.39 is 0 Å². The van der Waals surface area contributed by atoms with Gasteiger partial charge < -0.3 is 14.5 Å². The van der Waals surface area contributed by atoms with Gasteiger partial charge in [0.15, 0.2) is 5.82 Å². The van der Waals surface area contributed by atoms with E-state index >= 15 is 0 Å². The summed E-state index contributed by atoms with van der Waals surface area (Å²) in [5.41, 5.74) is 8.32. The van der Waals surface area contributed by atoms with Gasteiger partial charge in [-0.25, -0.2) is 15.4 Å². The molecule has 33 heavy (non-hydrogen) atoms. The third-order valence-corrected chi connectivity index (χ3v) is 6.11. The second-order valence-electron chi connectivity index (χ2n) is 8.44. The van der Waals surface area contributed by atoms with Crippen molar-refractivity contribution in [3.63, 3.8) is 0 Å². The average Bonchev–Trinajstić information content (AvgIpc) is 3.53. The SMILES string of the molecule is COCCN(CCOC)CCc1c(C)[nH]c(C=C2C(=O)NN=C2c2ncccn2)c1C1CC1. The molecule has 9 nitrogen and oxygen atoms in total. The van der Waals surface area contributed by atoms with Crippen molar-refractivity contribution in [3.8, 4) is 0 Å². The highest BCUT2D eigenvalue weighted by Crippen LogP contribution is 2.45. The van der Waals surface area contributed by atoms with Crippen molar-refractivity contribution in [2.24, 2.45) is 5.10 Å². The van der Waals surface area contributed by atoms with Crippen LogP contribution < -0.4 is 5.43 Å². The molecule has 0 unspecified atom stereocenters. The number of rotatable bonds is 12. The van der Waals surface area contributed by atoms with Crippen LogP contribution in [-0.4, -0.2) is 78.5 Å². The highest BCUT2D eigenvalue weighted by molar-refractivity contribution is 6.32. The lowest BCUT2D eigenvalue weighted by molar-refractivity contribution is -0.116. The lowest BCUT2D eigenvalue weighted by Gasteiger charge is -2.22. The first-order chi connectivity index (χ1) is 16.1. The van der Waals surface area contributed by atoms with Gasteiger partial charge in [0.05, 0.1) is 18.8 Å². The van der Waals surface area contributed by atoms with Gasteiger partial charge in [0.2, 0.25) is 0 Å². The third-order valence-electron chi connectivity index (χ3n) is 6.11. The number of carbonyl (C=O) groups is 1. The molecule has 0 spiro atoms. The van der Waals surface area contributed by atoms with Gasteiger partial charge in [0.1, 0.15) is 5.71 Å². The van der Waals surface area contributed by atoms with Crippen molar-refractivity contribution < 1.29 is 14.3 Å². The van der Waals surface area contributed by atoms with Crippen LogP contribution in [0.4, 0.5) is 0 Å². The molecule has 0 radical (unpaired) electrons. The van der Waals surface area contributed by atoms with Gasteiger partial charge in [-0.1, -0.05) is 0 Å². The number of aromatic nitrogens is 3. The average molecular weight is 453 g/mol. The molecule has 1 aliphatic carbocycles. The zero-order valence-electron chi connectivity index (χ0n) is 19.6. The third kappa shape index (κ3) is 5.55. The summed E-state index contributed by atoms with van der Waals surface area (Å²) in [6.07, 6.45) is 8.49. The molecule has 176 valence electrons. The number of amides is 1. The number of aryl methyl sites for hydroxylation is 1. The van der Waals surface area contributed by atoms with E-state index in [0.29, 0.717) is 36.2 Å². The Hall–Kier alpha value is -2.88. The summed E-state index contributed by atoms with van der Waals surface area (Å²) in [7, 11) is 3.46.